The Balaban J connectivity index is 2.01. The van der Waals surface area contributed by atoms with Gasteiger partial charge in [-0.1, -0.05) is 32.0 Å². The van der Waals surface area contributed by atoms with E-state index in [1.807, 2.05) is 24.3 Å². The van der Waals surface area contributed by atoms with Crippen molar-refractivity contribution in [3.63, 3.8) is 0 Å². The lowest BCUT2D eigenvalue weighted by Gasteiger charge is -2.19. The molecule has 176 valence electrons. The van der Waals surface area contributed by atoms with Crippen molar-refractivity contribution in [2.45, 2.75) is 34.2 Å². The molecule has 2 N–H and O–H groups in total. The Morgan fingerprint density at radius 1 is 1.06 bits per heavy atom. The van der Waals surface area contributed by atoms with Crippen LogP contribution in [0.2, 0.25) is 0 Å². The van der Waals surface area contributed by atoms with Gasteiger partial charge in [-0.05, 0) is 38.6 Å². The van der Waals surface area contributed by atoms with Crippen molar-refractivity contribution in [1.82, 2.24) is 15.2 Å². The number of carbonyl (C=O) groups excluding carboxylic acids is 2. The van der Waals surface area contributed by atoms with E-state index < -0.39 is 5.97 Å². The highest BCUT2D eigenvalue weighted by molar-refractivity contribution is 6.00. The molecule has 32 heavy (non-hydrogen) atoms. The van der Waals surface area contributed by atoms with Gasteiger partial charge in [0.1, 0.15) is 24.7 Å². The van der Waals surface area contributed by atoms with Crippen LogP contribution in [-0.2, 0) is 16.0 Å². The van der Waals surface area contributed by atoms with E-state index in [1.54, 1.807) is 13.8 Å². The van der Waals surface area contributed by atoms with E-state index in [-0.39, 0.29) is 12.5 Å². The first kappa shape index (κ1) is 25.4. The monoisotopic (exact) mass is 445 g/mol. The SMILES string of the molecule is CCN(CC)CCOc1ccccc1CNC(=O)c1[nH]c(C)c(C(=O)OCCOC)c1C. The minimum Gasteiger partial charge on any atom is -0.492 e. The summed E-state index contributed by atoms with van der Waals surface area (Å²) < 4.78 is 16.1. The summed E-state index contributed by atoms with van der Waals surface area (Å²) in [7, 11) is 1.54. The average Bonchev–Trinajstić information content (AvgIpc) is 3.09. The van der Waals surface area contributed by atoms with Crippen molar-refractivity contribution in [1.29, 1.82) is 0 Å². The molecule has 0 atom stereocenters. The number of rotatable bonds is 13. The number of para-hydroxylation sites is 1. The third kappa shape index (κ3) is 6.83. The molecule has 2 aromatic rings. The van der Waals surface area contributed by atoms with Crippen molar-refractivity contribution in [3.05, 3.63) is 52.3 Å². The first-order chi connectivity index (χ1) is 15.4. The topological polar surface area (TPSA) is 92.9 Å². The molecule has 0 unspecified atom stereocenters. The molecule has 1 heterocycles. The normalized spacial score (nSPS) is 10.9. The number of benzene rings is 1. The predicted molar refractivity (Wildman–Crippen MR) is 123 cm³/mol. The summed E-state index contributed by atoms with van der Waals surface area (Å²) in [6.07, 6.45) is 0. The van der Waals surface area contributed by atoms with Crippen LogP contribution in [-0.4, -0.2) is 68.3 Å². The Bertz CT molecular complexity index is 890. The lowest BCUT2D eigenvalue weighted by molar-refractivity contribution is 0.0386. The summed E-state index contributed by atoms with van der Waals surface area (Å²) in [4.78, 5) is 30.5. The van der Waals surface area contributed by atoms with Gasteiger partial charge in [0.2, 0.25) is 0 Å². The van der Waals surface area contributed by atoms with E-state index in [0.29, 0.717) is 42.3 Å². The Hall–Kier alpha value is -2.84. The molecular formula is C24H35N3O5. The molecule has 0 bridgehead atoms. The molecule has 0 saturated heterocycles. The van der Waals surface area contributed by atoms with Gasteiger partial charge in [0.25, 0.3) is 5.91 Å². The number of likely N-dealkylation sites (N-methyl/N-ethyl adjacent to an activating group) is 1. The minimum absolute atomic E-state index is 0.159. The number of esters is 1. The van der Waals surface area contributed by atoms with Gasteiger partial charge in [-0.2, -0.15) is 0 Å². The molecule has 1 amide bonds. The van der Waals surface area contributed by atoms with E-state index in [2.05, 4.69) is 29.0 Å². The fourth-order valence-corrected chi connectivity index (χ4v) is 3.45. The Labute approximate surface area is 190 Å². The van der Waals surface area contributed by atoms with E-state index in [4.69, 9.17) is 14.2 Å². The molecule has 0 aliphatic carbocycles. The molecular weight excluding hydrogens is 410 g/mol. The zero-order valence-corrected chi connectivity index (χ0v) is 19.7. The Morgan fingerprint density at radius 3 is 2.47 bits per heavy atom. The van der Waals surface area contributed by atoms with Gasteiger partial charge in [0, 0.05) is 31.5 Å². The summed E-state index contributed by atoms with van der Waals surface area (Å²) in [5.41, 5.74) is 2.77. The maximum atomic E-state index is 12.8. The second-order valence-corrected chi connectivity index (χ2v) is 7.42. The number of ether oxygens (including phenoxy) is 3. The highest BCUT2D eigenvalue weighted by Gasteiger charge is 2.23. The number of aromatic nitrogens is 1. The summed E-state index contributed by atoms with van der Waals surface area (Å²) in [6, 6.07) is 7.66. The summed E-state index contributed by atoms with van der Waals surface area (Å²) >= 11 is 0. The number of nitrogens with zero attached hydrogens (tertiary/aromatic N) is 1. The molecule has 0 aliphatic heterocycles. The molecule has 0 fully saturated rings. The van der Waals surface area contributed by atoms with Crippen molar-refractivity contribution in [2.24, 2.45) is 0 Å². The van der Waals surface area contributed by atoms with Crippen LogP contribution in [0.5, 0.6) is 5.75 Å². The van der Waals surface area contributed by atoms with Crippen LogP contribution in [0.15, 0.2) is 24.3 Å². The van der Waals surface area contributed by atoms with Crippen LogP contribution in [0.3, 0.4) is 0 Å². The largest absolute Gasteiger partial charge is 0.492 e. The van der Waals surface area contributed by atoms with E-state index in [9.17, 15) is 9.59 Å². The standard InChI is InChI=1S/C24H35N3O5/c1-6-27(7-2)12-13-31-20-11-9-8-10-19(20)16-25-23(28)22-17(3)21(18(4)26-22)24(29)32-15-14-30-5/h8-11,26H,6-7,12-16H2,1-5H3,(H,25,28). The van der Waals surface area contributed by atoms with Crippen LogP contribution in [0.25, 0.3) is 0 Å². The molecule has 1 aromatic heterocycles. The van der Waals surface area contributed by atoms with Crippen LogP contribution < -0.4 is 10.1 Å². The summed E-state index contributed by atoms with van der Waals surface area (Å²) in [5, 5.41) is 2.92. The third-order valence-electron chi connectivity index (χ3n) is 5.36. The number of hydrogen-bond donors (Lipinski definition) is 2. The van der Waals surface area contributed by atoms with Gasteiger partial charge in [-0.15, -0.1) is 0 Å². The van der Waals surface area contributed by atoms with Crippen LogP contribution >= 0.6 is 0 Å². The van der Waals surface area contributed by atoms with E-state index in [0.717, 1.165) is 30.9 Å². The Morgan fingerprint density at radius 2 is 1.78 bits per heavy atom. The molecule has 2 rings (SSSR count). The van der Waals surface area contributed by atoms with Crippen LogP contribution in [0.1, 0.15) is 51.5 Å². The zero-order chi connectivity index (χ0) is 23.5. The average molecular weight is 446 g/mol. The molecule has 0 aliphatic rings. The van der Waals surface area contributed by atoms with Gasteiger partial charge in [-0.25, -0.2) is 4.79 Å². The van der Waals surface area contributed by atoms with Crippen molar-refractivity contribution in [2.75, 3.05) is 46.6 Å². The number of carbonyl (C=O) groups is 2. The first-order valence-corrected chi connectivity index (χ1v) is 11.0. The summed E-state index contributed by atoms with van der Waals surface area (Å²) in [5.74, 6) is -0.0134. The van der Waals surface area contributed by atoms with Crippen LogP contribution in [0.4, 0.5) is 0 Å². The lowest BCUT2D eigenvalue weighted by Crippen LogP contribution is -2.28. The van der Waals surface area contributed by atoms with Gasteiger partial charge in [0.15, 0.2) is 0 Å². The maximum Gasteiger partial charge on any atom is 0.340 e. The molecule has 0 saturated carbocycles. The minimum atomic E-state index is -0.473. The number of aromatic amines is 1. The van der Waals surface area contributed by atoms with Crippen LogP contribution in [0, 0.1) is 13.8 Å². The van der Waals surface area contributed by atoms with Crippen molar-refractivity contribution < 1.29 is 23.8 Å². The van der Waals surface area contributed by atoms with Gasteiger partial charge >= 0.3 is 5.97 Å². The maximum absolute atomic E-state index is 12.8. The summed E-state index contributed by atoms with van der Waals surface area (Å²) in [6.45, 7) is 11.9. The lowest BCUT2D eigenvalue weighted by atomic mass is 10.1. The van der Waals surface area contributed by atoms with Crippen molar-refractivity contribution >= 4 is 11.9 Å². The zero-order valence-electron chi connectivity index (χ0n) is 19.7. The number of methoxy groups -OCH3 is 1. The van der Waals surface area contributed by atoms with Gasteiger partial charge < -0.3 is 29.4 Å². The quantitative estimate of drug-likeness (QED) is 0.364. The number of amides is 1. The van der Waals surface area contributed by atoms with E-state index >= 15 is 0 Å². The number of hydrogen-bond acceptors (Lipinski definition) is 6. The third-order valence-corrected chi connectivity index (χ3v) is 5.36. The van der Waals surface area contributed by atoms with Gasteiger partial charge in [0.05, 0.1) is 12.2 Å². The fourth-order valence-electron chi connectivity index (χ4n) is 3.45. The first-order valence-electron chi connectivity index (χ1n) is 11.0. The second-order valence-electron chi connectivity index (χ2n) is 7.42. The molecule has 1 aromatic carbocycles. The molecule has 0 radical (unpaired) electrons. The molecule has 8 heteroatoms. The Kier molecular flexibility index (Phi) is 10.2. The number of aryl methyl sites for hydroxylation is 1. The van der Waals surface area contributed by atoms with Crippen molar-refractivity contribution in [3.8, 4) is 5.75 Å². The molecule has 8 nitrogen and oxygen atoms in total. The highest BCUT2D eigenvalue weighted by Crippen LogP contribution is 2.21. The predicted octanol–water partition coefficient (Wildman–Crippen LogP) is 3.09. The smallest absolute Gasteiger partial charge is 0.340 e. The second kappa shape index (κ2) is 12.9. The van der Waals surface area contributed by atoms with Gasteiger partial charge in [-0.3, -0.25) is 4.79 Å². The number of H-pyrrole nitrogens is 1. The molecule has 0 spiro atoms. The van der Waals surface area contributed by atoms with E-state index in [1.165, 1.54) is 7.11 Å². The fraction of sp³-hybridized carbons (Fsp3) is 0.500. The number of nitrogens with one attached hydrogen (secondary N) is 2. The highest BCUT2D eigenvalue weighted by atomic mass is 16.6.